The molecule has 3 nitrogen and oxygen atoms in total. The van der Waals surface area contributed by atoms with Crippen LogP contribution in [0.4, 0.5) is 10.1 Å². The van der Waals surface area contributed by atoms with E-state index >= 15 is 0 Å². The molecular weight excluding hydrogens is 217 g/mol. The monoisotopic (exact) mass is 231 g/mol. The number of hydrogen-bond acceptors (Lipinski definition) is 3. The van der Waals surface area contributed by atoms with E-state index in [0.717, 1.165) is 11.3 Å². The molecule has 1 aromatic heterocycles. The van der Waals surface area contributed by atoms with Crippen LogP contribution in [0.25, 0.3) is 0 Å². The Morgan fingerprint density at radius 2 is 2.06 bits per heavy atom. The molecule has 2 rings (SSSR count). The Morgan fingerprint density at radius 1 is 1.24 bits per heavy atom. The number of halogens is 1. The van der Waals surface area contributed by atoms with Gasteiger partial charge in [-0.15, -0.1) is 0 Å². The zero-order valence-electron chi connectivity index (χ0n) is 9.87. The number of nitrogens with one attached hydrogen (secondary N) is 1. The van der Waals surface area contributed by atoms with Gasteiger partial charge in [-0.2, -0.15) is 0 Å². The summed E-state index contributed by atoms with van der Waals surface area (Å²) >= 11 is 0. The molecule has 17 heavy (non-hydrogen) atoms. The van der Waals surface area contributed by atoms with Crippen molar-refractivity contribution in [3.8, 4) is 0 Å². The fourth-order valence-electron chi connectivity index (χ4n) is 1.55. The molecule has 2 aromatic rings. The molecule has 0 amide bonds. The highest BCUT2D eigenvalue weighted by Crippen LogP contribution is 2.15. The Hall–Kier alpha value is -1.97. The molecule has 88 valence electrons. The van der Waals surface area contributed by atoms with E-state index in [1.165, 1.54) is 6.07 Å². The minimum absolute atomic E-state index is 0.240. The summed E-state index contributed by atoms with van der Waals surface area (Å²) in [5.41, 5.74) is 2.25. The van der Waals surface area contributed by atoms with Crippen LogP contribution in [0.15, 0.2) is 30.5 Å². The normalized spacial score (nSPS) is 10.3. The molecule has 1 aromatic carbocycles. The van der Waals surface area contributed by atoms with E-state index < -0.39 is 0 Å². The Labute approximate surface area is 99.7 Å². The van der Waals surface area contributed by atoms with E-state index in [1.54, 1.807) is 12.3 Å². The molecule has 0 aliphatic heterocycles. The third-order valence-corrected chi connectivity index (χ3v) is 2.42. The van der Waals surface area contributed by atoms with Gasteiger partial charge in [0.2, 0.25) is 0 Å². The standard InChI is InChI=1S/C13H14FN3/c1-9-3-4-13(12(14)7-9)16-8-11-5-6-15-10(2)17-11/h3-7,16H,8H2,1-2H3. The summed E-state index contributed by atoms with van der Waals surface area (Å²) in [4.78, 5) is 8.25. The SMILES string of the molecule is Cc1ccc(NCc2ccnc(C)n2)c(F)c1. The van der Waals surface area contributed by atoms with Crippen LogP contribution in [-0.4, -0.2) is 9.97 Å². The first-order valence-electron chi connectivity index (χ1n) is 5.44. The molecule has 1 heterocycles. The lowest BCUT2D eigenvalue weighted by atomic mass is 10.2. The van der Waals surface area contributed by atoms with Crippen LogP contribution < -0.4 is 5.32 Å². The quantitative estimate of drug-likeness (QED) is 0.882. The fraction of sp³-hybridized carbons (Fsp3) is 0.231. The summed E-state index contributed by atoms with van der Waals surface area (Å²) in [6.45, 7) is 4.18. The average Bonchev–Trinajstić information content (AvgIpc) is 2.28. The predicted octanol–water partition coefficient (Wildman–Crippen LogP) is 2.84. The van der Waals surface area contributed by atoms with Crippen LogP contribution in [0.3, 0.4) is 0 Å². The van der Waals surface area contributed by atoms with Crippen molar-refractivity contribution in [3.05, 3.63) is 53.4 Å². The molecule has 0 unspecified atom stereocenters. The number of aryl methyl sites for hydroxylation is 2. The summed E-state index contributed by atoms with van der Waals surface area (Å²) in [5, 5.41) is 3.02. The number of hydrogen-bond donors (Lipinski definition) is 1. The largest absolute Gasteiger partial charge is 0.377 e. The fourth-order valence-corrected chi connectivity index (χ4v) is 1.55. The van der Waals surface area contributed by atoms with Gasteiger partial charge in [-0.25, -0.2) is 14.4 Å². The summed E-state index contributed by atoms with van der Waals surface area (Å²) < 4.78 is 13.5. The van der Waals surface area contributed by atoms with Gasteiger partial charge in [0.25, 0.3) is 0 Å². The van der Waals surface area contributed by atoms with Gasteiger partial charge in [0, 0.05) is 6.20 Å². The second-order valence-electron chi connectivity index (χ2n) is 3.93. The van der Waals surface area contributed by atoms with Gasteiger partial charge in [0.1, 0.15) is 11.6 Å². The first kappa shape index (κ1) is 11.5. The third-order valence-electron chi connectivity index (χ3n) is 2.42. The van der Waals surface area contributed by atoms with Crippen LogP contribution in [0, 0.1) is 19.7 Å². The molecule has 0 aliphatic rings. The summed E-state index contributed by atoms with van der Waals surface area (Å²) in [6, 6.07) is 6.93. The number of nitrogens with zero attached hydrogens (tertiary/aromatic N) is 2. The summed E-state index contributed by atoms with van der Waals surface area (Å²) in [7, 11) is 0. The van der Waals surface area contributed by atoms with E-state index in [4.69, 9.17) is 0 Å². The summed E-state index contributed by atoms with van der Waals surface area (Å²) in [5.74, 6) is 0.476. The van der Waals surface area contributed by atoms with Crippen molar-refractivity contribution >= 4 is 5.69 Å². The zero-order chi connectivity index (χ0) is 12.3. The van der Waals surface area contributed by atoms with E-state index in [0.29, 0.717) is 18.1 Å². The molecule has 0 radical (unpaired) electrons. The van der Waals surface area contributed by atoms with Crippen LogP contribution >= 0.6 is 0 Å². The number of aromatic nitrogens is 2. The Balaban J connectivity index is 2.07. The highest BCUT2D eigenvalue weighted by Gasteiger charge is 2.02. The second-order valence-corrected chi connectivity index (χ2v) is 3.93. The Morgan fingerprint density at radius 3 is 2.76 bits per heavy atom. The molecule has 4 heteroatoms. The van der Waals surface area contributed by atoms with Crippen LogP contribution in [0.1, 0.15) is 17.1 Å². The molecule has 0 aliphatic carbocycles. The van der Waals surface area contributed by atoms with Crippen LogP contribution in [0.2, 0.25) is 0 Å². The van der Waals surface area contributed by atoms with Gasteiger partial charge in [-0.05, 0) is 37.6 Å². The van der Waals surface area contributed by atoms with E-state index in [1.807, 2.05) is 26.0 Å². The van der Waals surface area contributed by atoms with Gasteiger partial charge in [-0.3, -0.25) is 0 Å². The first-order valence-corrected chi connectivity index (χ1v) is 5.44. The number of anilines is 1. The van der Waals surface area contributed by atoms with Crippen LogP contribution in [0.5, 0.6) is 0 Å². The molecular formula is C13H14FN3. The lowest BCUT2D eigenvalue weighted by molar-refractivity contribution is 0.629. The highest BCUT2D eigenvalue weighted by atomic mass is 19.1. The maximum absolute atomic E-state index is 13.5. The van der Waals surface area contributed by atoms with Gasteiger partial charge in [-0.1, -0.05) is 6.07 Å². The molecule has 0 fully saturated rings. The highest BCUT2D eigenvalue weighted by molar-refractivity contribution is 5.46. The van der Waals surface area contributed by atoms with Crippen molar-refractivity contribution < 1.29 is 4.39 Å². The Kier molecular flexibility index (Phi) is 3.32. The molecule has 0 saturated carbocycles. The number of rotatable bonds is 3. The minimum Gasteiger partial charge on any atom is -0.377 e. The molecule has 0 spiro atoms. The topological polar surface area (TPSA) is 37.8 Å². The maximum Gasteiger partial charge on any atom is 0.146 e. The van der Waals surface area contributed by atoms with Crippen molar-refractivity contribution in [3.63, 3.8) is 0 Å². The average molecular weight is 231 g/mol. The minimum atomic E-state index is -0.240. The molecule has 0 atom stereocenters. The smallest absolute Gasteiger partial charge is 0.146 e. The van der Waals surface area contributed by atoms with E-state index in [9.17, 15) is 4.39 Å². The first-order chi connectivity index (χ1) is 8.15. The molecule has 0 bridgehead atoms. The van der Waals surface area contributed by atoms with Crippen molar-refractivity contribution in [1.29, 1.82) is 0 Å². The molecule has 1 N–H and O–H groups in total. The second kappa shape index (κ2) is 4.91. The van der Waals surface area contributed by atoms with E-state index in [2.05, 4.69) is 15.3 Å². The lowest BCUT2D eigenvalue weighted by Gasteiger charge is -2.07. The van der Waals surface area contributed by atoms with Crippen molar-refractivity contribution in [1.82, 2.24) is 9.97 Å². The van der Waals surface area contributed by atoms with Gasteiger partial charge in [0.05, 0.1) is 17.9 Å². The third kappa shape index (κ3) is 3.00. The van der Waals surface area contributed by atoms with Crippen molar-refractivity contribution in [2.75, 3.05) is 5.32 Å². The van der Waals surface area contributed by atoms with Crippen molar-refractivity contribution in [2.45, 2.75) is 20.4 Å². The zero-order valence-corrected chi connectivity index (χ0v) is 9.87. The Bertz CT molecular complexity index is 526. The summed E-state index contributed by atoms with van der Waals surface area (Å²) in [6.07, 6.45) is 1.70. The number of benzene rings is 1. The maximum atomic E-state index is 13.5. The van der Waals surface area contributed by atoms with Gasteiger partial charge < -0.3 is 5.32 Å². The van der Waals surface area contributed by atoms with Crippen molar-refractivity contribution in [2.24, 2.45) is 0 Å². The lowest BCUT2D eigenvalue weighted by Crippen LogP contribution is -2.04. The van der Waals surface area contributed by atoms with E-state index in [-0.39, 0.29) is 5.82 Å². The van der Waals surface area contributed by atoms with Gasteiger partial charge >= 0.3 is 0 Å². The van der Waals surface area contributed by atoms with Crippen LogP contribution in [-0.2, 0) is 6.54 Å². The predicted molar refractivity (Wildman–Crippen MR) is 65.2 cm³/mol. The van der Waals surface area contributed by atoms with Gasteiger partial charge in [0.15, 0.2) is 0 Å². The molecule has 0 saturated heterocycles.